The summed E-state index contributed by atoms with van der Waals surface area (Å²) in [7, 11) is 1.85. The third-order valence-electron chi connectivity index (χ3n) is 4.15. The first-order chi connectivity index (χ1) is 10.7. The quantitative estimate of drug-likeness (QED) is 0.777. The molecular formula is C18H27NO3. The van der Waals surface area contributed by atoms with Crippen LogP contribution >= 0.6 is 0 Å². The molecule has 122 valence electrons. The molecule has 1 fully saturated rings. The van der Waals surface area contributed by atoms with Gasteiger partial charge in [-0.2, -0.15) is 0 Å². The summed E-state index contributed by atoms with van der Waals surface area (Å²) in [5.74, 6) is 1.44. The molecule has 1 amide bonds. The number of ether oxygens (including phenoxy) is 2. The summed E-state index contributed by atoms with van der Waals surface area (Å²) in [6.07, 6.45) is 3.75. The highest BCUT2D eigenvalue weighted by Crippen LogP contribution is 2.18. The average Bonchev–Trinajstić information content (AvgIpc) is 2.56. The van der Waals surface area contributed by atoms with Gasteiger partial charge in [-0.15, -0.1) is 0 Å². The molecule has 0 radical (unpaired) electrons. The molecule has 0 aliphatic carbocycles. The van der Waals surface area contributed by atoms with Gasteiger partial charge in [0.1, 0.15) is 12.4 Å². The molecule has 1 aromatic carbocycles. The smallest absolute Gasteiger partial charge is 0.222 e. The van der Waals surface area contributed by atoms with Gasteiger partial charge in [0.2, 0.25) is 5.91 Å². The highest BCUT2D eigenvalue weighted by atomic mass is 16.5. The van der Waals surface area contributed by atoms with Crippen LogP contribution in [0.2, 0.25) is 0 Å². The number of amides is 1. The largest absolute Gasteiger partial charge is 0.492 e. The fourth-order valence-corrected chi connectivity index (χ4v) is 2.65. The van der Waals surface area contributed by atoms with E-state index in [1.54, 1.807) is 4.90 Å². The molecule has 1 aromatic rings. The molecule has 1 saturated heterocycles. The normalized spacial score (nSPS) is 18.0. The zero-order valence-electron chi connectivity index (χ0n) is 13.7. The van der Waals surface area contributed by atoms with Gasteiger partial charge in [-0.05, 0) is 42.9 Å². The number of benzene rings is 1. The van der Waals surface area contributed by atoms with Crippen molar-refractivity contribution in [2.24, 2.45) is 5.92 Å². The first-order valence-electron chi connectivity index (χ1n) is 8.22. The van der Waals surface area contributed by atoms with E-state index in [0.29, 0.717) is 25.5 Å². The Kier molecular flexibility index (Phi) is 6.72. The van der Waals surface area contributed by atoms with E-state index in [9.17, 15) is 4.79 Å². The Labute approximate surface area is 133 Å². The van der Waals surface area contributed by atoms with Crippen molar-refractivity contribution >= 4 is 5.91 Å². The van der Waals surface area contributed by atoms with E-state index in [1.807, 2.05) is 19.2 Å². The van der Waals surface area contributed by atoms with Crippen LogP contribution in [0.25, 0.3) is 0 Å². The second kappa shape index (κ2) is 8.79. The standard InChI is InChI=1S/C18H27NO3/c1-3-15-6-4-8-17(12-15)22-11-9-19(2)18(20)13-16-7-5-10-21-14-16/h4,6,8,12,16H,3,5,7,9-11,13-14H2,1-2H3. The van der Waals surface area contributed by atoms with Crippen LogP contribution in [0.4, 0.5) is 0 Å². The molecule has 1 heterocycles. The van der Waals surface area contributed by atoms with E-state index in [0.717, 1.165) is 38.2 Å². The SMILES string of the molecule is CCc1cccc(OCCN(C)C(=O)CC2CCCOC2)c1. The van der Waals surface area contributed by atoms with Crippen molar-refractivity contribution < 1.29 is 14.3 Å². The molecule has 0 spiro atoms. The number of hydrogen-bond acceptors (Lipinski definition) is 3. The Balaban J connectivity index is 1.69. The van der Waals surface area contributed by atoms with E-state index in [-0.39, 0.29) is 5.91 Å². The van der Waals surface area contributed by atoms with Crippen molar-refractivity contribution in [1.29, 1.82) is 0 Å². The summed E-state index contributed by atoms with van der Waals surface area (Å²) in [5.41, 5.74) is 1.26. The summed E-state index contributed by atoms with van der Waals surface area (Å²) in [5, 5.41) is 0. The Morgan fingerprint density at radius 2 is 2.32 bits per heavy atom. The van der Waals surface area contributed by atoms with Crippen molar-refractivity contribution in [2.45, 2.75) is 32.6 Å². The third kappa shape index (κ3) is 5.34. The maximum absolute atomic E-state index is 12.2. The van der Waals surface area contributed by atoms with Gasteiger partial charge in [0.05, 0.1) is 6.54 Å². The van der Waals surface area contributed by atoms with Crippen LogP contribution in [0.1, 0.15) is 31.7 Å². The minimum atomic E-state index is 0.182. The lowest BCUT2D eigenvalue weighted by Gasteiger charge is -2.24. The molecule has 4 nitrogen and oxygen atoms in total. The highest BCUT2D eigenvalue weighted by molar-refractivity contribution is 5.76. The van der Waals surface area contributed by atoms with Crippen molar-refractivity contribution in [3.05, 3.63) is 29.8 Å². The molecule has 2 rings (SSSR count). The van der Waals surface area contributed by atoms with Crippen LogP contribution in [0, 0.1) is 5.92 Å². The van der Waals surface area contributed by atoms with E-state index in [2.05, 4.69) is 19.1 Å². The van der Waals surface area contributed by atoms with E-state index in [4.69, 9.17) is 9.47 Å². The minimum absolute atomic E-state index is 0.182. The minimum Gasteiger partial charge on any atom is -0.492 e. The van der Waals surface area contributed by atoms with Crippen molar-refractivity contribution in [3.8, 4) is 5.75 Å². The number of carbonyl (C=O) groups excluding carboxylic acids is 1. The van der Waals surface area contributed by atoms with Crippen LogP contribution in [0.15, 0.2) is 24.3 Å². The molecule has 1 aliphatic heterocycles. The van der Waals surface area contributed by atoms with Crippen LogP contribution in [-0.2, 0) is 16.0 Å². The van der Waals surface area contributed by atoms with Crippen LogP contribution < -0.4 is 4.74 Å². The van der Waals surface area contributed by atoms with Crippen LogP contribution in [0.5, 0.6) is 5.75 Å². The lowest BCUT2D eigenvalue weighted by atomic mass is 9.98. The van der Waals surface area contributed by atoms with Gasteiger partial charge in [0.15, 0.2) is 0 Å². The fourth-order valence-electron chi connectivity index (χ4n) is 2.65. The summed E-state index contributed by atoms with van der Waals surface area (Å²) in [6.45, 7) is 4.82. The molecule has 1 unspecified atom stereocenters. The monoisotopic (exact) mass is 305 g/mol. The molecular weight excluding hydrogens is 278 g/mol. The predicted octanol–water partition coefficient (Wildman–Crippen LogP) is 2.90. The molecule has 0 N–H and O–H groups in total. The Morgan fingerprint density at radius 1 is 1.45 bits per heavy atom. The predicted molar refractivity (Wildman–Crippen MR) is 87.1 cm³/mol. The van der Waals surface area contributed by atoms with Crippen molar-refractivity contribution in [3.63, 3.8) is 0 Å². The highest BCUT2D eigenvalue weighted by Gasteiger charge is 2.19. The summed E-state index contributed by atoms with van der Waals surface area (Å²) >= 11 is 0. The van der Waals surface area contributed by atoms with E-state index in [1.165, 1.54) is 5.56 Å². The number of aryl methyl sites for hydroxylation is 1. The van der Waals surface area contributed by atoms with E-state index < -0.39 is 0 Å². The summed E-state index contributed by atoms with van der Waals surface area (Å²) in [6, 6.07) is 8.11. The number of rotatable bonds is 7. The zero-order chi connectivity index (χ0) is 15.8. The molecule has 1 aliphatic rings. The summed E-state index contributed by atoms with van der Waals surface area (Å²) < 4.78 is 11.2. The Morgan fingerprint density at radius 3 is 3.05 bits per heavy atom. The molecule has 1 atom stereocenters. The Bertz CT molecular complexity index is 469. The number of carbonyl (C=O) groups is 1. The third-order valence-corrected chi connectivity index (χ3v) is 4.15. The van der Waals surface area contributed by atoms with Gasteiger partial charge in [-0.25, -0.2) is 0 Å². The van der Waals surface area contributed by atoms with Crippen molar-refractivity contribution in [1.82, 2.24) is 4.90 Å². The van der Waals surface area contributed by atoms with E-state index >= 15 is 0 Å². The number of hydrogen-bond donors (Lipinski definition) is 0. The van der Waals surface area contributed by atoms with Gasteiger partial charge in [0.25, 0.3) is 0 Å². The average molecular weight is 305 g/mol. The topological polar surface area (TPSA) is 38.8 Å². The zero-order valence-corrected chi connectivity index (χ0v) is 13.7. The van der Waals surface area contributed by atoms with Gasteiger partial charge in [-0.3, -0.25) is 4.79 Å². The second-order valence-corrected chi connectivity index (χ2v) is 5.95. The van der Waals surface area contributed by atoms with Crippen LogP contribution in [-0.4, -0.2) is 44.2 Å². The maximum Gasteiger partial charge on any atom is 0.222 e. The molecule has 0 bridgehead atoms. The van der Waals surface area contributed by atoms with Gasteiger partial charge < -0.3 is 14.4 Å². The number of nitrogens with zero attached hydrogens (tertiary/aromatic N) is 1. The second-order valence-electron chi connectivity index (χ2n) is 5.95. The number of likely N-dealkylation sites (N-methyl/N-ethyl adjacent to an activating group) is 1. The van der Waals surface area contributed by atoms with Crippen molar-refractivity contribution in [2.75, 3.05) is 33.4 Å². The first kappa shape index (κ1) is 16.8. The Hall–Kier alpha value is -1.55. The van der Waals surface area contributed by atoms with Gasteiger partial charge in [0, 0.05) is 26.7 Å². The summed E-state index contributed by atoms with van der Waals surface area (Å²) in [4.78, 5) is 13.9. The van der Waals surface area contributed by atoms with Gasteiger partial charge in [-0.1, -0.05) is 19.1 Å². The fraction of sp³-hybridized carbons (Fsp3) is 0.611. The van der Waals surface area contributed by atoms with Crippen LogP contribution in [0.3, 0.4) is 0 Å². The maximum atomic E-state index is 12.2. The molecule has 22 heavy (non-hydrogen) atoms. The lowest BCUT2D eigenvalue weighted by molar-refractivity contribution is -0.132. The lowest BCUT2D eigenvalue weighted by Crippen LogP contribution is -2.33. The molecule has 4 heteroatoms. The first-order valence-corrected chi connectivity index (χ1v) is 8.22. The van der Waals surface area contributed by atoms with Gasteiger partial charge >= 0.3 is 0 Å². The molecule has 0 saturated carbocycles. The molecule has 0 aromatic heterocycles.